The first-order valence-electron chi connectivity index (χ1n) is 5.70. The van der Waals surface area contributed by atoms with Crippen LogP contribution < -0.4 is 5.32 Å². The number of methoxy groups -OCH3 is 1. The van der Waals surface area contributed by atoms with Crippen molar-refractivity contribution < 1.29 is 9.53 Å². The van der Waals surface area contributed by atoms with Crippen molar-refractivity contribution in [2.24, 2.45) is 0 Å². The fourth-order valence-electron chi connectivity index (χ4n) is 1.50. The zero-order valence-electron chi connectivity index (χ0n) is 10.5. The zero-order valence-corrected chi connectivity index (χ0v) is 12.8. The van der Waals surface area contributed by atoms with E-state index in [0.717, 1.165) is 12.0 Å². The topological polar surface area (TPSA) is 38.3 Å². The van der Waals surface area contributed by atoms with Crippen molar-refractivity contribution >= 4 is 33.4 Å². The molecular formula is C13H17BrClNO2. The third-order valence-corrected chi connectivity index (χ3v) is 3.82. The van der Waals surface area contributed by atoms with Crippen LogP contribution >= 0.6 is 27.5 Å². The summed E-state index contributed by atoms with van der Waals surface area (Å²) in [7, 11) is 1.65. The molecule has 0 aliphatic rings. The number of ether oxygens (including phenoxy) is 1. The lowest BCUT2D eigenvalue weighted by Crippen LogP contribution is -2.36. The maximum atomic E-state index is 12.0. The number of alkyl halides is 1. The fourth-order valence-corrected chi connectivity index (χ4v) is 2.11. The molecule has 0 aromatic heterocycles. The van der Waals surface area contributed by atoms with Gasteiger partial charge in [-0.3, -0.25) is 4.79 Å². The van der Waals surface area contributed by atoms with Gasteiger partial charge in [-0.15, -0.1) is 0 Å². The highest BCUT2D eigenvalue weighted by Crippen LogP contribution is 2.16. The number of hydrogen-bond donors (Lipinski definition) is 1. The molecule has 5 heteroatoms. The van der Waals surface area contributed by atoms with E-state index >= 15 is 0 Å². The Balaban J connectivity index is 2.65. The summed E-state index contributed by atoms with van der Waals surface area (Å²) >= 11 is 9.31. The molecule has 0 aliphatic carbocycles. The van der Waals surface area contributed by atoms with Crippen LogP contribution in [0.4, 0.5) is 0 Å². The van der Waals surface area contributed by atoms with Crippen LogP contribution in [0.1, 0.15) is 22.3 Å². The van der Waals surface area contributed by atoms with Crippen molar-refractivity contribution in [2.75, 3.05) is 19.0 Å². The minimum atomic E-state index is -0.0877. The van der Waals surface area contributed by atoms with Gasteiger partial charge in [-0.05, 0) is 37.1 Å². The molecule has 1 N–H and O–H groups in total. The molecule has 0 aliphatic heterocycles. The number of carbonyl (C=O) groups excluding carboxylic acids is 1. The summed E-state index contributed by atoms with van der Waals surface area (Å²) in [6.45, 7) is 2.50. The Bertz CT molecular complexity index is 412. The molecule has 0 bridgehead atoms. The zero-order chi connectivity index (χ0) is 13.5. The number of aryl methyl sites for hydroxylation is 1. The monoisotopic (exact) mass is 333 g/mol. The predicted molar refractivity (Wildman–Crippen MR) is 77.7 cm³/mol. The van der Waals surface area contributed by atoms with E-state index in [0.29, 0.717) is 22.5 Å². The number of nitrogens with one attached hydrogen (secondary N) is 1. The highest BCUT2D eigenvalue weighted by molar-refractivity contribution is 9.09. The first-order chi connectivity index (χ1) is 8.58. The van der Waals surface area contributed by atoms with Gasteiger partial charge in [0.2, 0.25) is 0 Å². The average Bonchev–Trinajstić information content (AvgIpc) is 2.37. The lowest BCUT2D eigenvalue weighted by atomic mass is 10.1. The second-order valence-electron chi connectivity index (χ2n) is 4.07. The summed E-state index contributed by atoms with van der Waals surface area (Å²) in [4.78, 5) is 12.0. The third kappa shape index (κ3) is 4.59. The standard InChI is InChI=1S/C13H17BrClNO2/c1-9-7-10(3-4-12(9)15)13(17)16-11(8-14)5-6-18-2/h3-4,7,11H,5-6,8H2,1-2H3,(H,16,17). The summed E-state index contributed by atoms with van der Waals surface area (Å²) in [6, 6.07) is 5.32. The molecule has 1 aromatic carbocycles. The number of rotatable bonds is 6. The summed E-state index contributed by atoms with van der Waals surface area (Å²) < 4.78 is 5.01. The molecule has 0 heterocycles. The highest BCUT2D eigenvalue weighted by Gasteiger charge is 2.13. The maximum absolute atomic E-state index is 12.0. The van der Waals surface area contributed by atoms with Crippen molar-refractivity contribution in [3.63, 3.8) is 0 Å². The molecule has 1 rings (SSSR count). The Hall–Kier alpha value is -0.580. The van der Waals surface area contributed by atoms with E-state index in [-0.39, 0.29) is 11.9 Å². The predicted octanol–water partition coefficient (Wildman–Crippen LogP) is 3.18. The smallest absolute Gasteiger partial charge is 0.251 e. The van der Waals surface area contributed by atoms with Gasteiger partial charge in [0.1, 0.15) is 0 Å². The Morgan fingerprint density at radius 2 is 2.28 bits per heavy atom. The van der Waals surface area contributed by atoms with Crippen LogP contribution in [0.3, 0.4) is 0 Å². The normalized spacial score (nSPS) is 12.2. The molecule has 0 spiro atoms. The second-order valence-corrected chi connectivity index (χ2v) is 5.12. The minimum absolute atomic E-state index is 0.0634. The Kier molecular flexibility index (Phi) is 6.68. The third-order valence-electron chi connectivity index (χ3n) is 2.61. The van der Waals surface area contributed by atoms with Crippen LogP contribution in [-0.2, 0) is 4.74 Å². The Morgan fingerprint density at radius 1 is 1.56 bits per heavy atom. The van der Waals surface area contributed by atoms with Crippen molar-refractivity contribution in [3.05, 3.63) is 34.3 Å². The van der Waals surface area contributed by atoms with E-state index in [1.165, 1.54) is 0 Å². The Labute approximate surface area is 121 Å². The van der Waals surface area contributed by atoms with Crippen molar-refractivity contribution in [2.45, 2.75) is 19.4 Å². The molecule has 0 radical (unpaired) electrons. The number of halogens is 2. The van der Waals surface area contributed by atoms with Crippen LogP contribution in [0.15, 0.2) is 18.2 Å². The molecule has 1 aromatic rings. The SMILES string of the molecule is COCCC(CBr)NC(=O)c1ccc(Cl)c(C)c1. The summed E-state index contributed by atoms with van der Waals surface area (Å²) in [5.74, 6) is -0.0877. The van der Waals surface area contributed by atoms with Crippen LogP contribution in [0.5, 0.6) is 0 Å². The van der Waals surface area contributed by atoms with Crippen molar-refractivity contribution in [1.82, 2.24) is 5.32 Å². The van der Waals surface area contributed by atoms with E-state index in [4.69, 9.17) is 16.3 Å². The van der Waals surface area contributed by atoms with Crippen LogP contribution in [-0.4, -0.2) is 31.0 Å². The molecule has 100 valence electrons. The number of benzene rings is 1. The quantitative estimate of drug-likeness (QED) is 0.812. The molecule has 3 nitrogen and oxygen atoms in total. The van der Waals surface area contributed by atoms with Gasteiger partial charge >= 0.3 is 0 Å². The van der Waals surface area contributed by atoms with Gasteiger partial charge in [0, 0.05) is 35.7 Å². The first kappa shape index (κ1) is 15.5. The number of hydrogen-bond acceptors (Lipinski definition) is 2. The van der Waals surface area contributed by atoms with E-state index in [1.807, 2.05) is 6.92 Å². The number of amides is 1. The van der Waals surface area contributed by atoms with Gasteiger partial charge < -0.3 is 10.1 Å². The first-order valence-corrected chi connectivity index (χ1v) is 7.20. The second kappa shape index (κ2) is 7.77. The van der Waals surface area contributed by atoms with Gasteiger partial charge in [-0.1, -0.05) is 27.5 Å². The molecule has 18 heavy (non-hydrogen) atoms. The fraction of sp³-hybridized carbons (Fsp3) is 0.462. The number of carbonyl (C=O) groups is 1. The van der Waals surface area contributed by atoms with Gasteiger partial charge in [-0.25, -0.2) is 0 Å². The molecule has 0 saturated carbocycles. The minimum Gasteiger partial charge on any atom is -0.385 e. The summed E-state index contributed by atoms with van der Waals surface area (Å²) in [6.07, 6.45) is 0.778. The maximum Gasteiger partial charge on any atom is 0.251 e. The van der Waals surface area contributed by atoms with E-state index in [1.54, 1.807) is 25.3 Å². The highest BCUT2D eigenvalue weighted by atomic mass is 79.9. The van der Waals surface area contributed by atoms with Gasteiger partial charge in [-0.2, -0.15) is 0 Å². The van der Waals surface area contributed by atoms with Crippen LogP contribution in [0.25, 0.3) is 0 Å². The lowest BCUT2D eigenvalue weighted by molar-refractivity contribution is 0.0931. The summed E-state index contributed by atoms with van der Waals surface area (Å²) in [5.41, 5.74) is 1.52. The van der Waals surface area contributed by atoms with E-state index in [9.17, 15) is 4.79 Å². The molecule has 1 atom stereocenters. The molecule has 1 unspecified atom stereocenters. The van der Waals surface area contributed by atoms with Gasteiger partial charge in [0.05, 0.1) is 0 Å². The van der Waals surface area contributed by atoms with Gasteiger partial charge in [0.15, 0.2) is 0 Å². The van der Waals surface area contributed by atoms with Crippen molar-refractivity contribution in [3.8, 4) is 0 Å². The Morgan fingerprint density at radius 3 is 2.83 bits per heavy atom. The van der Waals surface area contributed by atoms with E-state index < -0.39 is 0 Å². The molecule has 0 fully saturated rings. The van der Waals surface area contributed by atoms with Crippen LogP contribution in [0.2, 0.25) is 5.02 Å². The largest absolute Gasteiger partial charge is 0.385 e. The lowest BCUT2D eigenvalue weighted by Gasteiger charge is -2.16. The van der Waals surface area contributed by atoms with Crippen LogP contribution in [0, 0.1) is 6.92 Å². The van der Waals surface area contributed by atoms with Crippen molar-refractivity contribution in [1.29, 1.82) is 0 Å². The molecular weight excluding hydrogens is 318 g/mol. The van der Waals surface area contributed by atoms with E-state index in [2.05, 4.69) is 21.2 Å². The molecule has 1 amide bonds. The average molecular weight is 335 g/mol. The summed E-state index contributed by atoms with van der Waals surface area (Å²) in [5, 5.41) is 4.33. The molecule has 0 saturated heterocycles. The van der Waals surface area contributed by atoms with Gasteiger partial charge in [0.25, 0.3) is 5.91 Å².